The molecule has 1 aromatic heterocycles. The van der Waals surface area contributed by atoms with Crippen molar-refractivity contribution in [3.05, 3.63) is 108 Å². The van der Waals surface area contributed by atoms with Crippen LogP contribution in [-0.4, -0.2) is 43.9 Å². The largest absolute Gasteiger partial charge is 0.457 e. The number of carbonyl (C=O) groups is 2. The molecule has 7 nitrogen and oxygen atoms in total. The van der Waals surface area contributed by atoms with Crippen LogP contribution in [-0.2, 0) is 29.0 Å². The second-order valence-corrected chi connectivity index (χ2v) is 9.40. The van der Waals surface area contributed by atoms with E-state index in [4.69, 9.17) is 4.74 Å². The molecule has 0 spiro atoms. The third kappa shape index (κ3) is 6.11. The lowest BCUT2D eigenvalue weighted by Crippen LogP contribution is -2.42. The first kappa shape index (κ1) is 25.3. The summed E-state index contributed by atoms with van der Waals surface area (Å²) in [6.07, 6.45) is 3.85. The Labute approximate surface area is 218 Å². The van der Waals surface area contributed by atoms with Crippen molar-refractivity contribution in [2.75, 3.05) is 6.54 Å². The second-order valence-electron chi connectivity index (χ2n) is 9.40. The van der Waals surface area contributed by atoms with E-state index in [0.29, 0.717) is 36.4 Å². The number of benzene rings is 3. The molecular formula is C29H26F2N4O3. The molecule has 0 radical (unpaired) electrons. The predicted octanol–water partition coefficient (Wildman–Crippen LogP) is 4.62. The number of amides is 1. The molecule has 0 saturated carbocycles. The Morgan fingerprint density at radius 1 is 0.947 bits per heavy atom. The summed E-state index contributed by atoms with van der Waals surface area (Å²) in [7, 11) is 0. The second kappa shape index (κ2) is 11.3. The fraction of sp³-hybridized carbons (Fsp3) is 0.241. The average molecular weight is 517 g/mol. The lowest BCUT2D eigenvalue weighted by Gasteiger charge is -2.23. The monoisotopic (exact) mass is 516 g/mol. The minimum absolute atomic E-state index is 0.0222. The van der Waals surface area contributed by atoms with Gasteiger partial charge in [0.15, 0.2) is 5.78 Å². The number of Topliss-reactive ketones (excluding diaryl/α,β-unsaturated/α-hetero) is 1. The fourth-order valence-electron chi connectivity index (χ4n) is 4.80. The van der Waals surface area contributed by atoms with E-state index in [-0.39, 0.29) is 42.2 Å². The van der Waals surface area contributed by atoms with Crippen molar-refractivity contribution in [3.8, 4) is 11.5 Å². The van der Waals surface area contributed by atoms with Gasteiger partial charge in [-0.05, 0) is 72.4 Å². The normalized spacial score (nSPS) is 16.9. The zero-order valence-electron chi connectivity index (χ0n) is 20.5. The maximum atomic E-state index is 14.3. The van der Waals surface area contributed by atoms with Crippen LogP contribution >= 0.6 is 0 Å². The number of carbonyl (C=O) groups excluding carboxylic acids is 2. The number of hydrogen-bond donors (Lipinski definition) is 0. The van der Waals surface area contributed by atoms with Gasteiger partial charge in [-0.15, -0.1) is 0 Å². The number of likely N-dealkylation sites (tertiary alicyclic amines) is 1. The molecule has 0 aliphatic carbocycles. The van der Waals surface area contributed by atoms with E-state index in [2.05, 4.69) is 10.1 Å². The van der Waals surface area contributed by atoms with E-state index in [9.17, 15) is 18.4 Å². The Morgan fingerprint density at radius 3 is 2.34 bits per heavy atom. The highest BCUT2D eigenvalue weighted by Crippen LogP contribution is 2.29. The van der Waals surface area contributed by atoms with Crippen LogP contribution in [0, 0.1) is 17.6 Å². The van der Waals surface area contributed by atoms with Gasteiger partial charge in [0.05, 0.1) is 6.04 Å². The first-order valence-corrected chi connectivity index (χ1v) is 12.3. The third-order valence-corrected chi connectivity index (χ3v) is 6.66. The van der Waals surface area contributed by atoms with Gasteiger partial charge < -0.3 is 9.64 Å². The first-order chi connectivity index (χ1) is 18.4. The first-order valence-electron chi connectivity index (χ1n) is 12.3. The summed E-state index contributed by atoms with van der Waals surface area (Å²) < 4.78 is 34.6. The fourth-order valence-corrected chi connectivity index (χ4v) is 4.80. The van der Waals surface area contributed by atoms with Crippen LogP contribution < -0.4 is 4.74 Å². The lowest BCUT2D eigenvalue weighted by molar-refractivity contribution is -0.138. The molecule has 2 heterocycles. The van der Waals surface area contributed by atoms with E-state index in [1.54, 1.807) is 47.4 Å². The Bertz CT molecular complexity index is 1390. The Kier molecular flexibility index (Phi) is 7.53. The average Bonchev–Trinajstić information content (AvgIpc) is 3.58. The van der Waals surface area contributed by atoms with Crippen LogP contribution in [0.2, 0.25) is 0 Å². The lowest BCUT2D eigenvalue weighted by atomic mass is 9.94. The van der Waals surface area contributed by atoms with Crippen molar-refractivity contribution in [1.29, 1.82) is 0 Å². The molecule has 1 saturated heterocycles. The van der Waals surface area contributed by atoms with E-state index in [0.717, 1.165) is 5.56 Å². The summed E-state index contributed by atoms with van der Waals surface area (Å²) in [5, 5.41) is 4.00. The summed E-state index contributed by atoms with van der Waals surface area (Å²) in [5.41, 5.74) is 1.36. The SMILES string of the molecule is O=C(Cc1ccc(Oc2ccc(F)cc2)cc1)[C@@H]1C[C@@H](Cc2ccccc2F)CN1C(=O)Cn1cncn1. The molecule has 1 amide bonds. The van der Waals surface area contributed by atoms with Crippen LogP contribution in [0.5, 0.6) is 11.5 Å². The number of hydrogen-bond acceptors (Lipinski definition) is 5. The van der Waals surface area contributed by atoms with Gasteiger partial charge in [-0.1, -0.05) is 30.3 Å². The van der Waals surface area contributed by atoms with Crippen molar-refractivity contribution < 1.29 is 23.1 Å². The molecule has 2 atom stereocenters. The number of halogens is 2. The van der Waals surface area contributed by atoms with Gasteiger partial charge in [-0.25, -0.2) is 18.4 Å². The number of aromatic nitrogens is 3. The number of ether oxygens (including phenoxy) is 1. The molecular weight excluding hydrogens is 490 g/mol. The van der Waals surface area contributed by atoms with Crippen molar-refractivity contribution in [2.45, 2.75) is 31.8 Å². The van der Waals surface area contributed by atoms with Gasteiger partial charge >= 0.3 is 0 Å². The Balaban J connectivity index is 1.27. The van der Waals surface area contributed by atoms with E-state index in [1.807, 2.05) is 0 Å². The number of rotatable bonds is 9. The van der Waals surface area contributed by atoms with Gasteiger partial charge in [0.25, 0.3) is 0 Å². The smallest absolute Gasteiger partial charge is 0.244 e. The highest BCUT2D eigenvalue weighted by Gasteiger charge is 2.39. The summed E-state index contributed by atoms with van der Waals surface area (Å²) >= 11 is 0. The molecule has 3 aromatic carbocycles. The summed E-state index contributed by atoms with van der Waals surface area (Å²) in [5.74, 6) is 0.0702. The molecule has 0 bridgehead atoms. The van der Waals surface area contributed by atoms with E-state index in [1.165, 1.54) is 47.7 Å². The molecule has 194 valence electrons. The molecule has 0 N–H and O–H groups in total. The van der Waals surface area contributed by atoms with Crippen molar-refractivity contribution in [1.82, 2.24) is 19.7 Å². The summed E-state index contributed by atoms with van der Waals surface area (Å²) in [6.45, 7) is 0.342. The van der Waals surface area contributed by atoms with Crippen LogP contribution in [0.25, 0.3) is 0 Å². The van der Waals surface area contributed by atoms with Crippen molar-refractivity contribution >= 4 is 11.7 Å². The van der Waals surface area contributed by atoms with Crippen LogP contribution in [0.15, 0.2) is 85.5 Å². The van der Waals surface area contributed by atoms with Crippen LogP contribution in [0.3, 0.4) is 0 Å². The topological polar surface area (TPSA) is 77.3 Å². The minimum atomic E-state index is -0.613. The van der Waals surface area contributed by atoms with E-state index < -0.39 is 6.04 Å². The molecule has 0 unspecified atom stereocenters. The van der Waals surface area contributed by atoms with Crippen LogP contribution in [0.1, 0.15) is 17.5 Å². The zero-order valence-corrected chi connectivity index (χ0v) is 20.5. The van der Waals surface area contributed by atoms with Crippen molar-refractivity contribution in [2.24, 2.45) is 5.92 Å². The number of ketones is 1. The quantitative estimate of drug-likeness (QED) is 0.325. The predicted molar refractivity (Wildman–Crippen MR) is 135 cm³/mol. The van der Waals surface area contributed by atoms with Gasteiger partial charge in [0.2, 0.25) is 5.91 Å². The molecule has 9 heteroatoms. The number of nitrogens with zero attached hydrogens (tertiary/aromatic N) is 4. The van der Waals surface area contributed by atoms with Gasteiger partial charge in [-0.3, -0.25) is 9.59 Å². The van der Waals surface area contributed by atoms with E-state index >= 15 is 0 Å². The Morgan fingerprint density at radius 2 is 1.66 bits per heavy atom. The standard InChI is InChI=1S/C29H26F2N4O3/c30-23-7-11-25(12-8-23)38-24-9-5-20(6-10-24)15-28(36)27-14-21(13-22-3-1-2-4-26(22)31)16-35(27)29(37)17-34-19-32-18-33-34/h1-12,18-19,21,27H,13-17H2/t21-,27+/m1/s1. The molecule has 1 aliphatic heterocycles. The van der Waals surface area contributed by atoms with Crippen LogP contribution in [0.4, 0.5) is 8.78 Å². The summed E-state index contributed by atoms with van der Waals surface area (Å²) in [4.78, 5) is 32.1. The zero-order chi connectivity index (χ0) is 26.5. The van der Waals surface area contributed by atoms with Gasteiger partial charge in [-0.2, -0.15) is 5.10 Å². The van der Waals surface area contributed by atoms with Crippen molar-refractivity contribution in [3.63, 3.8) is 0 Å². The minimum Gasteiger partial charge on any atom is -0.457 e. The molecule has 5 rings (SSSR count). The highest BCUT2D eigenvalue weighted by atomic mass is 19.1. The molecule has 4 aromatic rings. The maximum Gasteiger partial charge on any atom is 0.244 e. The van der Waals surface area contributed by atoms with Gasteiger partial charge in [0.1, 0.15) is 42.3 Å². The van der Waals surface area contributed by atoms with Gasteiger partial charge in [0, 0.05) is 13.0 Å². The molecule has 1 fully saturated rings. The summed E-state index contributed by atoms with van der Waals surface area (Å²) in [6, 6.07) is 18.8. The highest BCUT2D eigenvalue weighted by molar-refractivity contribution is 5.91. The Hall–Kier alpha value is -4.40. The molecule has 38 heavy (non-hydrogen) atoms. The molecule has 1 aliphatic rings. The third-order valence-electron chi connectivity index (χ3n) is 6.66. The maximum absolute atomic E-state index is 14.3.